The molecule has 17 heteroatoms. The first-order valence-electron chi connectivity index (χ1n) is 23.0. The molecule has 6 amide bonds. The molecule has 10 unspecified atom stereocenters. The van der Waals surface area contributed by atoms with E-state index in [0.29, 0.717) is 37.9 Å². The number of ether oxygens (including phenoxy) is 2. The van der Waals surface area contributed by atoms with Crippen molar-refractivity contribution in [3.8, 4) is 0 Å². The summed E-state index contributed by atoms with van der Waals surface area (Å²) in [5, 5.41) is 8.65. The Morgan fingerprint density at radius 2 is 1.45 bits per heavy atom. The Kier molecular flexibility index (Phi) is 23.4. The number of anilines is 1. The predicted molar refractivity (Wildman–Crippen MR) is 248 cm³/mol. The van der Waals surface area contributed by atoms with E-state index in [9.17, 15) is 28.8 Å². The highest BCUT2D eigenvalue weighted by Crippen LogP contribution is 2.30. The molecule has 1 aromatic rings. The maximum Gasteiger partial charge on any atom is 0.266 e. The molecule has 1 aliphatic heterocycles. The van der Waals surface area contributed by atoms with Crippen LogP contribution in [0.5, 0.6) is 0 Å². The number of carbonyl (C=O) groups excluding carboxylic acids is 6. The number of hydrogen-bond donors (Lipinski definition) is 5. The van der Waals surface area contributed by atoms with Crippen LogP contribution in [-0.2, 0) is 49.7 Å². The largest absolute Gasteiger partial charge is 0.379 e. The molecule has 6 N–H and O–H groups in total. The third-order valence-corrected chi connectivity index (χ3v) is 12.3. The van der Waals surface area contributed by atoms with Crippen molar-refractivity contribution >= 4 is 41.1 Å². The zero-order valence-corrected chi connectivity index (χ0v) is 41.4. The van der Waals surface area contributed by atoms with Gasteiger partial charge in [0, 0.05) is 33.5 Å². The van der Waals surface area contributed by atoms with Gasteiger partial charge >= 0.3 is 0 Å². The van der Waals surface area contributed by atoms with E-state index in [2.05, 4.69) is 21.4 Å². The zero-order valence-electron chi connectivity index (χ0n) is 41.4. The number of methoxy groups -OCH3 is 2. The maximum atomic E-state index is 14.3. The van der Waals surface area contributed by atoms with Crippen molar-refractivity contribution in [3.05, 3.63) is 29.8 Å². The summed E-state index contributed by atoms with van der Waals surface area (Å²) in [4.78, 5) is 92.1. The van der Waals surface area contributed by atoms with Crippen LogP contribution in [0.2, 0.25) is 0 Å². The fourth-order valence-electron chi connectivity index (χ4n) is 8.62. The maximum absolute atomic E-state index is 14.3. The second-order valence-corrected chi connectivity index (χ2v) is 18.9. The van der Waals surface area contributed by atoms with Gasteiger partial charge in [0.25, 0.3) is 5.91 Å². The zero-order chi connectivity index (χ0) is 48.6. The summed E-state index contributed by atoms with van der Waals surface area (Å²) in [6.45, 7) is 19.5. The van der Waals surface area contributed by atoms with Gasteiger partial charge in [-0.2, -0.15) is 0 Å². The first-order chi connectivity index (χ1) is 30.0. The number of likely N-dealkylation sites (N-methyl/N-ethyl adjacent to an activating group) is 2. The Bertz CT molecular complexity index is 1650. The molecule has 64 heavy (non-hydrogen) atoms. The van der Waals surface area contributed by atoms with E-state index in [1.165, 1.54) is 7.11 Å². The summed E-state index contributed by atoms with van der Waals surface area (Å²) in [5.74, 6) is -2.80. The van der Waals surface area contributed by atoms with Crippen LogP contribution in [0.3, 0.4) is 0 Å². The van der Waals surface area contributed by atoms with E-state index in [1.54, 1.807) is 62.1 Å². The lowest BCUT2D eigenvalue weighted by Gasteiger charge is -2.41. The van der Waals surface area contributed by atoms with Crippen LogP contribution < -0.4 is 27.2 Å². The summed E-state index contributed by atoms with van der Waals surface area (Å²) in [5.41, 5.74) is 9.42. The van der Waals surface area contributed by atoms with Crippen LogP contribution in [0.15, 0.2) is 24.3 Å². The van der Waals surface area contributed by atoms with Gasteiger partial charge in [-0.3, -0.25) is 38.5 Å². The quantitative estimate of drug-likeness (QED) is 0.0846. The molecule has 364 valence electrons. The van der Waals surface area contributed by atoms with Gasteiger partial charge in [0.2, 0.25) is 29.5 Å². The van der Waals surface area contributed by atoms with E-state index in [-0.39, 0.29) is 60.3 Å². The van der Waals surface area contributed by atoms with Gasteiger partial charge < -0.3 is 41.0 Å². The normalized spacial score (nSPS) is 18.4. The third kappa shape index (κ3) is 16.1. The summed E-state index contributed by atoms with van der Waals surface area (Å²) >= 11 is 0. The highest BCUT2D eigenvalue weighted by atomic mass is 16.7. The molecule has 2 rings (SSSR count). The SMILES string of the molecule is CCC(C)C(C(CC(=O)N1CCCC1C(OC)C(C)C(=O)NC(CC(C)C)C(=O)NOCc1ccc(NC(=O)C(C)N)cc1)OC)N(C)C(=O)C(NC(=O)C(C(C)C)N(C)C)C(C)C. The van der Waals surface area contributed by atoms with Gasteiger partial charge in [-0.05, 0) is 81.6 Å². The molecule has 0 aromatic heterocycles. The van der Waals surface area contributed by atoms with Crippen molar-refractivity contribution in [1.29, 1.82) is 0 Å². The van der Waals surface area contributed by atoms with Gasteiger partial charge in [0.05, 0.1) is 55.3 Å². The number of nitrogens with one attached hydrogen (secondary N) is 4. The first-order valence-corrected chi connectivity index (χ1v) is 23.0. The topological polar surface area (TPSA) is 214 Å². The molecule has 1 saturated heterocycles. The van der Waals surface area contributed by atoms with Crippen LogP contribution in [0, 0.1) is 29.6 Å². The number of carbonyl (C=O) groups is 6. The lowest BCUT2D eigenvalue weighted by molar-refractivity contribution is -0.148. The summed E-state index contributed by atoms with van der Waals surface area (Å²) in [6.07, 6.45) is 0.996. The molecule has 0 saturated carbocycles. The van der Waals surface area contributed by atoms with Crippen molar-refractivity contribution in [2.75, 3.05) is 47.2 Å². The Labute approximate surface area is 382 Å². The van der Waals surface area contributed by atoms with Crippen molar-refractivity contribution in [2.24, 2.45) is 35.3 Å². The molecule has 1 heterocycles. The Balaban J connectivity index is 2.20. The first kappa shape index (κ1) is 56.0. The minimum atomic E-state index is -0.905. The van der Waals surface area contributed by atoms with E-state index >= 15 is 0 Å². The summed E-state index contributed by atoms with van der Waals surface area (Å²) in [6, 6.07) is 3.23. The molecular weight excluding hydrogens is 821 g/mol. The molecule has 17 nitrogen and oxygen atoms in total. The fraction of sp³-hybridized carbons (Fsp3) is 0.745. The predicted octanol–water partition coefficient (Wildman–Crippen LogP) is 3.70. The average molecular weight is 903 g/mol. The minimum Gasteiger partial charge on any atom is -0.379 e. The van der Waals surface area contributed by atoms with Crippen molar-refractivity contribution < 1.29 is 43.1 Å². The van der Waals surface area contributed by atoms with Gasteiger partial charge in [-0.15, -0.1) is 0 Å². The van der Waals surface area contributed by atoms with Crippen LogP contribution in [0.4, 0.5) is 5.69 Å². The van der Waals surface area contributed by atoms with E-state index in [1.807, 2.05) is 74.4 Å². The molecule has 0 spiro atoms. The van der Waals surface area contributed by atoms with Gasteiger partial charge in [0.15, 0.2) is 0 Å². The number of likely N-dealkylation sites (tertiary alicyclic amines) is 1. The smallest absolute Gasteiger partial charge is 0.266 e. The van der Waals surface area contributed by atoms with Crippen LogP contribution >= 0.6 is 0 Å². The second kappa shape index (κ2) is 26.7. The number of hydroxylamine groups is 1. The van der Waals surface area contributed by atoms with Crippen molar-refractivity contribution in [3.63, 3.8) is 0 Å². The van der Waals surface area contributed by atoms with Crippen LogP contribution in [-0.4, -0.2) is 141 Å². The molecular formula is C47H82N8O9. The van der Waals surface area contributed by atoms with Crippen molar-refractivity contribution in [1.82, 2.24) is 30.8 Å². The fourth-order valence-corrected chi connectivity index (χ4v) is 8.62. The molecule has 10 atom stereocenters. The molecule has 1 aliphatic rings. The minimum absolute atomic E-state index is 0.0176. The Hall–Kier alpha value is -4.16. The van der Waals surface area contributed by atoms with Gasteiger partial charge in [0.1, 0.15) is 12.1 Å². The highest BCUT2D eigenvalue weighted by Gasteiger charge is 2.43. The van der Waals surface area contributed by atoms with Crippen LogP contribution in [0.25, 0.3) is 0 Å². The summed E-state index contributed by atoms with van der Waals surface area (Å²) in [7, 11) is 8.47. The van der Waals surface area contributed by atoms with E-state index < -0.39 is 66.2 Å². The van der Waals surface area contributed by atoms with E-state index in [4.69, 9.17) is 20.0 Å². The van der Waals surface area contributed by atoms with Gasteiger partial charge in [-0.25, -0.2) is 5.48 Å². The number of rotatable bonds is 26. The molecule has 1 aromatic carbocycles. The standard InChI is InChI=1S/C47H82N8O9/c1-16-30(8)41(54(13)47(61)39(28(4)5)51-46(60)40(29(6)7)53(11)12)37(62-14)25-38(56)55-23-17-18-36(55)42(63-15)31(9)43(57)50-35(24-27(2)3)45(59)52-64-26-33-19-21-34(22-20-33)49-44(58)32(10)48/h19-22,27-32,35-37,39-42H,16-18,23-26,48H2,1-15H3,(H,49,58)(H,50,57)(H,51,60)(H,52,59). The molecule has 0 radical (unpaired) electrons. The third-order valence-electron chi connectivity index (χ3n) is 12.3. The number of nitrogens with two attached hydrogens (primary N) is 1. The number of hydrogen-bond acceptors (Lipinski definition) is 11. The second-order valence-electron chi connectivity index (χ2n) is 18.9. The molecule has 1 fully saturated rings. The molecule has 0 bridgehead atoms. The average Bonchev–Trinajstić information content (AvgIpc) is 3.71. The number of nitrogens with zero attached hydrogens (tertiary/aromatic N) is 3. The highest BCUT2D eigenvalue weighted by molar-refractivity contribution is 5.94. The Morgan fingerprint density at radius 1 is 0.828 bits per heavy atom. The summed E-state index contributed by atoms with van der Waals surface area (Å²) < 4.78 is 12.0. The lowest BCUT2D eigenvalue weighted by atomic mass is 9.89. The Morgan fingerprint density at radius 3 is 1.95 bits per heavy atom. The molecule has 0 aliphatic carbocycles. The van der Waals surface area contributed by atoms with E-state index in [0.717, 1.165) is 5.56 Å². The lowest BCUT2D eigenvalue weighted by Crippen LogP contribution is -2.59. The monoisotopic (exact) mass is 903 g/mol. The van der Waals surface area contributed by atoms with Gasteiger partial charge in [-0.1, -0.05) is 80.9 Å². The number of benzene rings is 1. The van der Waals surface area contributed by atoms with Crippen molar-refractivity contribution in [2.45, 2.75) is 156 Å². The van der Waals surface area contributed by atoms with Crippen LogP contribution in [0.1, 0.15) is 107 Å². The number of amides is 6.